The zero-order valence-electron chi connectivity index (χ0n) is 18.9. The molecule has 1 aliphatic heterocycles. The van der Waals surface area contributed by atoms with E-state index in [1.165, 1.54) is 90.1 Å². The van der Waals surface area contributed by atoms with Gasteiger partial charge in [0.15, 0.2) is 0 Å². The highest BCUT2D eigenvalue weighted by molar-refractivity contribution is 5.76. The van der Waals surface area contributed by atoms with Crippen molar-refractivity contribution < 1.29 is 9.28 Å². The molecule has 0 aromatic heterocycles. The van der Waals surface area contributed by atoms with Crippen molar-refractivity contribution in [3.05, 3.63) is 0 Å². The van der Waals surface area contributed by atoms with Crippen LogP contribution in [-0.2, 0) is 4.79 Å². The number of hydrogen-bond donors (Lipinski definition) is 0. The molecule has 0 spiro atoms. The van der Waals surface area contributed by atoms with Gasteiger partial charge in [-0.3, -0.25) is 4.79 Å². The normalized spacial score (nSPS) is 20.6. The fourth-order valence-electron chi connectivity index (χ4n) is 4.25. The number of hydrogen-bond acceptors (Lipinski definition) is 1. The largest absolute Gasteiger partial charge is 0.337 e. The van der Waals surface area contributed by atoms with Crippen molar-refractivity contribution >= 4 is 5.91 Å². The molecule has 1 saturated heterocycles. The minimum Gasteiger partial charge on any atom is -0.337 e. The second-order valence-electron chi connectivity index (χ2n) is 9.11. The number of carbonyl (C=O) groups is 1. The van der Waals surface area contributed by atoms with Crippen LogP contribution >= 0.6 is 0 Å². The lowest BCUT2D eigenvalue weighted by Gasteiger charge is -2.31. The van der Waals surface area contributed by atoms with Crippen LogP contribution in [0.4, 0.5) is 0 Å². The van der Waals surface area contributed by atoms with Crippen LogP contribution in [0.15, 0.2) is 0 Å². The summed E-state index contributed by atoms with van der Waals surface area (Å²) in [5.41, 5.74) is 0. The highest BCUT2D eigenvalue weighted by atomic mass is 16.2. The second kappa shape index (κ2) is 15.4. The minimum absolute atomic E-state index is 0.405. The molecular formula is C24H49N2O+. The van der Waals surface area contributed by atoms with Gasteiger partial charge in [0, 0.05) is 19.4 Å². The summed E-state index contributed by atoms with van der Waals surface area (Å²) in [6.45, 7) is 10.0. The van der Waals surface area contributed by atoms with E-state index >= 15 is 0 Å². The Morgan fingerprint density at radius 2 is 1.26 bits per heavy atom. The van der Waals surface area contributed by atoms with Crippen molar-refractivity contribution in [3.8, 4) is 0 Å². The molecule has 1 aliphatic rings. The second-order valence-corrected chi connectivity index (χ2v) is 9.11. The van der Waals surface area contributed by atoms with Crippen molar-refractivity contribution in [2.75, 3.05) is 39.8 Å². The van der Waals surface area contributed by atoms with Gasteiger partial charge in [0.05, 0.1) is 33.2 Å². The van der Waals surface area contributed by atoms with Gasteiger partial charge in [-0.05, 0) is 13.3 Å². The van der Waals surface area contributed by atoms with Crippen LogP contribution in [0.1, 0.15) is 110 Å². The maximum atomic E-state index is 12.5. The van der Waals surface area contributed by atoms with E-state index in [-0.39, 0.29) is 0 Å². The Labute approximate surface area is 170 Å². The van der Waals surface area contributed by atoms with Gasteiger partial charge in [0.1, 0.15) is 0 Å². The van der Waals surface area contributed by atoms with Crippen molar-refractivity contribution in [1.29, 1.82) is 0 Å². The molecule has 27 heavy (non-hydrogen) atoms. The van der Waals surface area contributed by atoms with E-state index in [1.807, 2.05) is 0 Å². The lowest BCUT2D eigenvalue weighted by atomic mass is 10.0. The van der Waals surface area contributed by atoms with E-state index in [0.717, 1.165) is 43.4 Å². The first-order valence-electron chi connectivity index (χ1n) is 12.2. The summed E-state index contributed by atoms with van der Waals surface area (Å²) in [6, 6.07) is 0. The summed E-state index contributed by atoms with van der Waals surface area (Å²) in [5.74, 6) is 0.405. The third-order valence-corrected chi connectivity index (χ3v) is 6.65. The molecule has 0 radical (unpaired) electrons. The van der Waals surface area contributed by atoms with Gasteiger partial charge in [-0.2, -0.15) is 0 Å². The fraction of sp³-hybridized carbons (Fsp3) is 0.958. The quantitative estimate of drug-likeness (QED) is 0.245. The van der Waals surface area contributed by atoms with Crippen LogP contribution in [0, 0.1) is 0 Å². The molecule has 1 unspecified atom stereocenters. The lowest BCUT2D eigenvalue weighted by molar-refractivity contribution is -0.905. The van der Waals surface area contributed by atoms with Crippen molar-refractivity contribution in [1.82, 2.24) is 4.90 Å². The summed E-state index contributed by atoms with van der Waals surface area (Å²) >= 11 is 0. The van der Waals surface area contributed by atoms with Crippen molar-refractivity contribution in [2.24, 2.45) is 0 Å². The smallest absolute Gasteiger partial charge is 0.222 e. The molecule has 0 saturated carbocycles. The number of carbonyl (C=O) groups excluding carboxylic acids is 1. The Morgan fingerprint density at radius 3 is 1.78 bits per heavy atom. The Hall–Kier alpha value is -0.570. The lowest BCUT2D eigenvalue weighted by Crippen LogP contribution is -2.46. The molecule has 3 heteroatoms. The van der Waals surface area contributed by atoms with Gasteiger partial charge in [-0.15, -0.1) is 0 Å². The third-order valence-electron chi connectivity index (χ3n) is 6.65. The van der Waals surface area contributed by atoms with Crippen LogP contribution in [-0.4, -0.2) is 55.1 Å². The topological polar surface area (TPSA) is 20.3 Å². The Kier molecular flexibility index (Phi) is 13.9. The monoisotopic (exact) mass is 381 g/mol. The molecule has 1 atom stereocenters. The van der Waals surface area contributed by atoms with Crippen molar-refractivity contribution in [2.45, 2.75) is 110 Å². The van der Waals surface area contributed by atoms with E-state index < -0.39 is 0 Å². The molecule has 0 bridgehead atoms. The number of amides is 1. The average Bonchev–Trinajstić information content (AvgIpc) is 2.88. The predicted molar refractivity (Wildman–Crippen MR) is 118 cm³/mol. The van der Waals surface area contributed by atoms with Crippen LogP contribution < -0.4 is 0 Å². The summed E-state index contributed by atoms with van der Waals surface area (Å²) in [7, 11) is 2.33. The van der Waals surface area contributed by atoms with E-state index in [4.69, 9.17) is 0 Å². The Balaban J connectivity index is 1.92. The average molecular weight is 382 g/mol. The standard InChI is InChI=1S/C24H49N2O/c1-4-6-7-8-9-10-11-12-13-14-15-16-17-19-24(27)25-20-18-22-26(3,5-2)23-21-25/h4-23H2,1-3H3/q+1. The number of likely N-dealkylation sites (N-methyl/N-ethyl adjacent to an activating group) is 1. The first kappa shape index (κ1) is 24.5. The fourth-order valence-corrected chi connectivity index (χ4v) is 4.25. The maximum Gasteiger partial charge on any atom is 0.222 e. The number of nitrogens with zero attached hydrogens (tertiary/aromatic N) is 2. The van der Waals surface area contributed by atoms with Crippen LogP contribution in [0.2, 0.25) is 0 Å². The molecule has 0 aromatic carbocycles. The van der Waals surface area contributed by atoms with E-state index in [9.17, 15) is 4.79 Å². The van der Waals surface area contributed by atoms with Crippen LogP contribution in [0.25, 0.3) is 0 Å². The summed E-state index contributed by atoms with van der Waals surface area (Å²) in [4.78, 5) is 14.6. The molecular weight excluding hydrogens is 332 g/mol. The Morgan fingerprint density at radius 1 is 0.741 bits per heavy atom. The predicted octanol–water partition coefficient (Wildman–Crippen LogP) is 6.17. The first-order valence-corrected chi connectivity index (χ1v) is 12.2. The van der Waals surface area contributed by atoms with E-state index in [0.29, 0.717) is 5.91 Å². The number of unbranched alkanes of at least 4 members (excludes halogenated alkanes) is 12. The number of quaternary nitrogens is 1. The SMILES string of the molecule is CCCCCCCCCCCCCCCC(=O)N1CCC[N+](C)(CC)CC1. The Bertz CT molecular complexity index is 371. The third kappa shape index (κ3) is 11.8. The molecule has 1 amide bonds. The number of rotatable bonds is 15. The zero-order valence-corrected chi connectivity index (χ0v) is 18.9. The van der Waals surface area contributed by atoms with Gasteiger partial charge < -0.3 is 9.38 Å². The molecule has 0 N–H and O–H groups in total. The summed E-state index contributed by atoms with van der Waals surface area (Å²) in [5, 5.41) is 0. The molecule has 160 valence electrons. The van der Waals surface area contributed by atoms with Gasteiger partial charge >= 0.3 is 0 Å². The van der Waals surface area contributed by atoms with E-state index in [1.54, 1.807) is 0 Å². The van der Waals surface area contributed by atoms with Gasteiger partial charge in [-0.25, -0.2) is 0 Å². The first-order chi connectivity index (χ1) is 13.1. The molecule has 1 heterocycles. The highest BCUT2D eigenvalue weighted by Crippen LogP contribution is 2.15. The van der Waals surface area contributed by atoms with Gasteiger partial charge in [0.2, 0.25) is 5.91 Å². The molecule has 1 fully saturated rings. The highest BCUT2D eigenvalue weighted by Gasteiger charge is 2.26. The zero-order chi connectivity index (χ0) is 19.8. The summed E-state index contributed by atoms with van der Waals surface area (Å²) < 4.78 is 1.13. The van der Waals surface area contributed by atoms with Gasteiger partial charge in [0.25, 0.3) is 0 Å². The molecule has 0 aliphatic carbocycles. The molecule has 3 nitrogen and oxygen atoms in total. The summed E-state index contributed by atoms with van der Waals surface area (Å²) in [6.07, 6.45) is 19.7. The molecule has 1 rings (SSSR count). The van der Waals surface area contributed by atoms with Crippen LogP contribution in [0.3, 0.4) is 0 Å². The molecule has 0 aromatic rings. The minimum atomic E-state index is 0.405. The van der Waals surface area contributed by atoms with Crippen LogP contribution in [0.5, 0.6) is 0 Å². The van der Waals surface area contributed by atoms with Crippen molar-refractivity contribution in [3.63, 3.8) is 0 Å². The van der Waals surface area contributed by atoms with Gasteiger partial charge in [-0.1, -0.05) is 84.0 Å². The maximum absolute atomic E-state index is 12.5. The van der Waals surface area contributed by atoms with E-state index in [2.05, 4.69) is 25.8 Å².